The van der Waals surface area contributed by atoms with Crippen LogP contribution in [0, 0.1) is 53.3 Å². The zero-order valence-electron chi connectivity index (χ0n) is 11.1. The van der Waals surface area contributed by atoms with Gasteiger partial charge in [0.1, 0.15) is 6.29 Å². The normalized spacial score (nSPS) is 63.9. The average Bonchev–Trinajstić information content (AvgIpc) is 3.15. The van der Waals surface area contributed by atoms with Gasteiger partial charge in [0, 0.05) is 5.92 Å². The van der Waals surface area contributed by atoms with Gasteiger partial charge in [0.2, 0.25) is 0 Å². The van der Waals surface area contributed by atoms with Gasteiger partial charge in [-0.15, -0.1) is 0 Å². The highest BCUT2D eigenvalue weighted by atomic mass is 16.1. The molecule has 0 spiro atoms. The van der Waals surface area contributed by atoms with E-state index in [9.17, 15) is 4.79 Å². The maximum atomic E-state index is 11.1. The molecule has 18 heavy (non-hydrogen) atoms. The third kappa shape index (κ3) is 1.09. The molecule has 0 amide bonds. The standard InChI is InChI=1S/C17H24O/c18-8-9-1-4-12-13(5-9)15-7-14(12)16-10-2-3-11(6-10)17(15)16/h8-17H,1-7H2. The molecule has 0 N–H and O–H groups in total. The number of hydrogen-bond donors (Lipinski definition) is 0. The third-order valence-electron chi connectivity index (χ3n) is 7.87. The quantitative estimate of drug-likeness (QED) is 0.509. The number of fused-ring (bicyclic) bond motifs is 12. The van der Waals surface area contributed by atoms with Gasteiger partial charge in [0.05, 0.1) is 0 Å². The van der Waals surface area contributed by atoms with Crippen molar-refractivity contribution in [2.75, 3.05) is 0 Å². The molecule has 5 saturated carbocycles. The molecule has 0 saturated heterocycles. The van der Waals surface area contributed by atoms with E-state index in [2.05, 4.69) is 0 Å². The third-order valence-corrected chi connectivity index (χ3v) is 7.87. The van der Waals surface area contributed by atoms with E-state index < -0.39 is 0 Å². The molecule has 98 valence electrons. The predicted octanol–water partition coefficient (Wildman–Crippen LogP) is 3.53. The van der Waals surface area contributed by atoms with Crippen molar-refractivity contribution < 1.29 is 4.79 Å². The lowest BCUT2D eigenvalue weighted by atomic mass is 9.58. The van der Waals surface area contributed by atoms with E-state index in [1.165, 1.54) is 25.5 Å². The molecule has 4 bridgehead atoms. The van der Waals surface area contributed by atoms with Gasteiger partial charge in [-0.1, -0.05) is 0 Å². The van der Waals surface area contributed by atoms with Crippen molar-refractivity contribution in [3.8, 4) is 0 Å². The van der Waals surface area contributed by atoms with Gasteiger partial charge in [0.15, 0.2) is 0 Å². The van der Waals surface area contributed by atoms with Crippen molar-refractivity contribution in [2.45, 2.75) is 44.9 Å². The van der Waals surface area contributed by atoms with Crippen LogP contribution in [0.4, 0.5) is 0 Å². The van der Waals surface area contributed by atoms with Gasteiger partial charge >= 0.3 is 0 Å². The highest BCUT2D eigenvalue weighted by Crippen LogP contribution is 2.72. The topological polar surface area (TPSA) is 17.1 Å². The molecule has 0 heterocycles. The predicted molar refractivity (Wildman–Crippen MR) is 69.8 cm³/mol. The highest BCUT2D eigenvalue weighted by Gasteiger charge is 2.65. The van der Waals surface area contributed by atoms with Crippen molar-refractivity contribution in [3.63, 3.8) is 0 Å². The summed E-state index contributed by atoms with van der Waals surface area (Å²) in [6.45, 7) is 0. The minimum absolute atomic E-state index is 0.419. The van der Waals surface area contributed by atoms with E-state index in [4.69, 9.17) is 0 Å². The van der Waals surface area contributed by atoms with Crippen LogP contribution in [-0.2, 0) is 4.79 Å². The van der Waals surface area contributed by atoms with Gasteiger partial charge in [-0.3, -0.25) is 0 Å². The summed E-state index contributed by atoms with van der Waals surface area (Å²) >= 11 is 0. The second-order valence-electron chi connectivity index (χ2n) is 8.09. The van der Waals surface area contributed by atoms with Crippen LogP contribution in [0.15, 0.2) is 0 Å². The lowest BCUT2D eigenvalue weighted by Gasteiger charge is -2.46. The molecule has 0 aromatic carbocycles. The molecule has 5 aliphatic rings. The molecule has 5 fully saturated rings. The first-order valence-corrected chi connectivity index (χ1v) is 8.32. The van der Waals surface area contributed by atoms with Gasteiger partial charge in [-0.2, -0.15) is 0 Å². The first-order chi connectivity index (χ1) is 8.86. The molecule has 1 nitrogen and oxygen atoms in total. The molecule has 1 heteroatoms. The number of hydrogen-bond acceptors (Lipinski definition) is 1. The summed E-state index contributed by atoms with van der Waals surface area (Å²) in [5, 5.41) is 0. The maximum Gasteiger partial charge on any atom is 0.123 e. The number of aldehydes is 1. The lowest BCUT2D eigenvalue weighted by Crippen LogP contribution is -2.41. The minimum atomic E-state index is 0.419. The Hall–Kier alpha value is -0.330. The van der Waals surface area contributed by atoms with Crippen LogP contribution in [0.2, 0.25) is 0 Å². The minimum Gasteiger partial charge on any atom is -0.303 e. The Morgan fingerprint density at radius 1 is 0.667 bits per heavy atom. The van der Waals surface area contributed by atoms with Crippen molar-refractivity contribution in [1.29, 1.82) is 0 Å². The zero-order chi connectivity index (χ0) is 11.9. The fourth-order valence-corrected chi connectivity index (χ4v) is 7.61. The van der Waals surface area contributed by atoms with Crippen LogP contribution in [0.25, 0.3) is 0 Å². The SMILES string of the molecule is O=CC1CCC2C(C1)C1CC2C2C3CCC(C3)C12. The molecule has 0 aromatic rings. The van der Waals surface area contributed by atoms with Gasteiger partial charge < -0.3 is 4.79 Å². The summed E-state index contributed by atoms with van der Waals surface area (Å²) < 4.78 is 0. The summed E-state index contributed by atoms with van der Waals surface area (Å²) in [7, 11) is 0. The molecule has 5 aliphatic carbocycles. The zero-order valence-corrected chi connectivity index (χ0v) is 11.1. The summed E-state index contributed by atoms with van der Waals surface area (Å²) in [6.07, 6.45) is 11.4. The summed E-state index contributed by atoms with van der Waals surface area (Å²) in [6, 6.07) is 0. The highest BCUT2D eigenvalue weighted by molar-refractivity contribution is 5.53. The Labute approximate surface area is 110 Å². The molecular formula is C17H24O. The van der Waals surface area contributed by atoms with Crippen LogP contribution in [-0.4, -0.2) is 6.29 Å². The Balaban J connectivity index is 1.48. The molecule has 0 aliphatic heterocycles. The Morgan fingerprint density at radius 3 is 2.11 bits per heavy atom. The number of rotatable bonds is 1. The van der Waals surface area contributed by atoms with E-state index in [0.29, 0.717) is 5.92 Å². The second kappa shape index (κ2) is 3.41. The molecule has 5 rings (SSSR count). The van der Waals surface area contributed by atoms with Gasteiger partial charge in [-0.05, 0) is 92.3 Å². The Bertz CT molecular complexity index is 389. The first kappa shape index (κ1) is 10.5. The van der Waals surface area contributed by atoms with Crippen molar-refractivity contribution in [2.24, 2.45) is 53.3 Å². The number of carbonyl (C=O) groups excluding carboxylic acids is 1. The number of carbonyl (C=O) groups is 1. The van der Waals surface area contributed by atoms with Gasteiger partial charge in [0.25, 0.3) is 0 Å². The summed E-state index contributed by atoms with van der Waals surface area (Å²) in [5.74, 6) is 9.03. The molecule has 0 aromatic heterocycles. The smallest absolute Gasteiger partial charge is 0.123 e. The largest absolute Gasteiger partial charge is 0.303 e. The molecule has 9 unspecified atom stereocenters. The lowest BCUT2D eigenvalue weighted by molar-refractivity contribution is -0.113. The van der Waals surface area contributed by atoms with Crippen LogP contribution >= 0.6 is 0 Å². The van der Waals surface area contributed by atoms with E-state index in [1.54, 1.807) is 25.7 Å². The van der Waals surface area contributed by atoms with Crippen LogP contribution in [0.3, 0.4) is 0 Å². The van der Waals surface area contributed by atoms with Crippen molar-refractivity contribution in [1.82, 2.24) is 0 Å². The Kier molecular flexibility index (Phi) is 1.98. The van der Waals surface area contributed by atoms with E-state index in [0.717, 1.165) is 47.3 Å². The second-order valence-corrected chi connectivity index (χ2v) is 8.09. The monoisotopic (exact) mass is 244 g/mol. The molecule has 9 atom stereocenters. The first-order valence-electron chi connectivity index (χ1n) is 8.32. The molecule has 0 radical (unpaired) electrons. The summed E-state index contributed by atoms with van der Waals surface area (Å²) in [5.41, 5.74) is 0. The van der Waals surface area contributed by atoms with Crippen LogP contribution < -0.4 is 0 Å². The van der Waals surface area contributed by atoms with Gasteiger partial charge in [-0.25, -0.2) is 0 Å². The maximum absolute atomic E-state index is 11.1. The van der Waals surface area contributed by atoms with E-state index in [-0.39, 0.29) is 0 Å². The van der Waals surface area contributed by atoms with E-state index >= 15 is 0 Å². The van der Waals surface area contributed by atoms with Crippen molar-refractivity contribution >= 4 is 6.29 Å². The fourth-order valence-electron chi connectivity index (χ4n) is 7.61. The molecular weight excluding hydrogens is 220 g/mol. The Morgan fingerprint density at radius 2 is 1.39 bits per heavy atom. The van der Waals surface area contributed by atoms with Crippen LogP contribution in [0.5, 0.6) is 0 Å². The van der Waals surface area contributed by atoms with Crippen molar-refractivity contribution in [3.05, 3.63) is 0 Å². The fraction of sp³-hybridized carbons (Fsp3) is 0.941. The average molecular weight is 244 g/mol. The van der Waals surface area contributed by atoms with E-state index in [1.807, 2.05) is 0 Å². The van der Waals surface area contributed by atoms with Crippen LogP contribution in [0.1, 0.15) is 44.9 Å². The summed E-state index contributed by atoms with van der Waals surface area (Å²) in [4.78, 5) is 11.1.